The zero-order valence-electron chi connectivity index (χ0n) is 12.5. The molecule has 0 aliphatic heterocycles. The largest absolute Gasteiger partial charge is 0.493 e. The average molecular weight is 280 g/mol. The summed E-state index contributed by atoms with van der Waals surface area (Å²) in [6, 6.07) is 5.67. The predicted molar refractivity (Wildman–Crippen MR) is 79.2 cm³/mol. The fraction of sp³-hybridized carbons (Fsp3) is 0.533. The molecule has 0 atom stereocenters. The van der Waals surface area contributed by atoms with E-state index in [-0.39, 0.29) is 12.5 Å². The van der Waals surface area contributed by atoms with E-state index in [0.717, 1.165) is 18.4 Å². The minimum atomic E-state index is -0.111. The second-order valence-electron chi connectivity index (χ2n) is 4.47. The van der Waals surface area contributed by atoms with Gasteiger partial charge in [-0.2, -0.15) is 0 Å². The summed E-state index contributed by atoms with van der Waals surface area (Å²) in [5.74, 6) is 1.15. The molecule has 0 aliphatic rings. The number of hydrogen-bond acceptors (Lipinski definition) is 4. The first-order valence-corrected chi connectivity index (χ1v) is 6.92. The highest BCUT2D eigenvalue weighted by Crippen LogP contribution is 2.30. The van der Waals surface area contributed by atoms with E-state index in [2.05, 4.69) is 17.6 Å². The van der Waals surface area contributed by atoms with E-state index in [1.54, 1.807) is 7.11 Å². The lowest BCUT2D eigenvalue weighted by Crippen LogP contribution is -2.29. The monoisotopic (exact) mass is 280 g/mol. The summed E-state index contributed by atoms with van der Waals surface area (Å²) < 4.78 is 10.9. The average Bonchev–Trinajstić information content (AvgIpc) is 2.46. The first-order valence-electron chi connectivity index (χ1n) is 6.92. The smallest absolute Gasteiger partial charge is 0.257 e. The van der Waals surface area contributed by atoms with Crippen molar-refractivity contribution in [1.82, 2.24) is 10.6 Å². The van der Waals surface area contributed by atoms with Crippen LogP contribution in [-0.4, -0.2) is 33.2 Å². The normalized spacial score (nSPS) is 10.2. The number of unbranched alkanes of at least 4 members (excludes halogenated alkanes) is 1. The van der Waals surface area contributed by atoms with Crippen LogP contribution in [-0.2, 0) is 11.3 Å². The Morgan fingerprint density at radius 1 is 1.35 bits per heavy atom. The van der Waals surface area contributed by atoms with Crippen molar-refractivity contribution in [2.24, 2.45) is 0 Å². The van der Waals surface area contributed by atoms with Crippen LogP contribution in [0.25, 0.3) is 0 Å². The second-order valence-corrected chi connectivity index (χ2v) is 4.47. The summed E-state index contributed by atoms with van der Waals surface area (Å²) in [6.07, 6.45) is 2.03. The fourth-order valence-corrected chi connectivity index (χ4v) is 1.81. The molecule has 20 heavy (non-hydrogen) atoms. The summed E-state index contributed by atoms with van der Waals surface area (Å²) in [5, 5.41) is 5.89. The highest BCUT2D eigenvalue weighted by atomic mass is 16.5. The lowest BCUT2D eigenvalue weighted by Gasteiger charge is -2.14. The van der Waals surface area contributed by atoms with E-state index in [1.165, 1.54) is 0 Å². The van der Waals surface area contributed by atoms with Crippen molar-refractivity contribution in [3.05, 3.63) is 23.8 Å². The van der Waals surface area contributed by atoms with Crippen LogP contribution in [0.15, 0.2) is 18.2 Å². The maximum Gasteiger partial charge on any atom is 0.257 e. The number of hydrogen-bond donors (Lipinski definition) is 2. The molecule has 0 aliphatic carbocycles. The number of nitrogens with one attached hydrogen (secondary N) is 2. The van der Waals surface area contributed by atoms with E-state index < -0.39 is 0 Å². The van der Waals surface area contributed by atoms with Gasteiger partial charge in [-0.05, 0) is 19.5 Å². The van der Waals surface area contributed by atoms with Gasteiger partial charge in [-0.25, -0.2) is 0 Å². The van der Waals surface area contributed by atoms with Gasteiger partial charge < -0.3 is 20.1 Å². The van der Waals surface area contributed by atoms with Crippen LogP contribution in [0.2, 0.25) is 0 Å². The standard InChI is InChI=1S/C15H24N2O3/c1-4-5-9-17-14(18)11-20-15-12(10-16-2)7-6-8-13(15)19-3/h6-8,16H,4-5,9-11H2,1-3H3,(H,17,18). The van der Waals surface area contributed by atoms with Crippen LogP contribution >= 0.6 is 0 Å². The Morgan fingerprint density at radius 2 is 2.15 bits per heavy atom. The lowest BCUT2D eigenvalue weighted by atomic mass is 10.2. The van der Waals surface area contributed by atoms with Crippen molar-refractivity contribution in [2.45, 2.75) is 26.3 Å². The molecule has 0 saturated heterocycles. The summed E-state index contributed by atoms with van der Waals surface area (Å²) in [5.41, 5.74) is 0.966. The maximum absolute atomic E-state index is 11.7. The quantitative estimate of drug-likeness (QED) is 0.676. The number of carbonyl (C=O) groups is 1. The van der Waals surface area contributed by atoms with Crippen molar-refractivity contribution in [2.75, 3.05) is 27.3 Å². The molecular weight excluding hydrogens is 256 g/mol. The minimum absolute atomic E-state index is 0.000796. The van der Waals surface area contributed by atoms with Gasteiger partial charge in [-0.1, -0.05) is 25.5 Å². The van der Waals surface area contributed by atoms with Gasteiger partial charge >= 0.3 is 0 Å². The molecule has 0 radical (unpaired) electrons. The fourth-order valence-electron chi connectivity index (χ4n) is 1.81. The maximum atomic E-state index is 11.7. The van der Waals surface area contributed by atoms with Crippen molar-refractivity contribution in [3.8, 4) is 11.5 Å². The van der Waals surface area contributed by atoms with Gasteiger partial charge in [0.2, 0.25) is 0 Å². The molecule has 5 nitrogen and oxygen atoms in total. The highest BCUT2D eigenvalue weighted by molar-refractivity contribution is 5.77. The Balaban J connectivity index is 2.63. The van der Waals surface area contributed by atoms with Gasteiger partial charge in [-0.3, -0.25) is 4.79 Å². The van der Waals surface area contributed by atoms with E-state index >= 15 is 0 Å². The predicted octanol–water partition coefficient (Wildman–Crippen LogP) is 1.71. The van der Waals surface area contributed by atoms with Gasteiger partial charge in [0.05, 0.1) is 7.11 Å². The molecule has 5 heteroatoms. The van der Waals surface area contributed by atoms with Crippen LogP contribution < -0.4 is 20.1 Å². The van der Waals surface area contributed by atoms with E-state index in [1.807, 2.05) is 25.2 Å². The molecule has 0 unspecified atom stereocenters. The number of amides is 1. The van der Waals surface area contributed by atoms with Crippen LogP contribution in [0.4, 0.5) is 0 Å². The van der Waals surface area contributed by atoms with E-state index in [4.69, 9.17) is 9.47 Å². The highest BCUT2D eigenvalue weighted by Gasteiger charge is 2.11. The van der Waals surface area contributed by atoms with Crippen LogP contribution in [0.3, 0.4) is 0 Å². The van der Waals surface area contributed by atoms with Gasteiger partial charge in [-0.15, -0.1) is 0 Å². The Morgan fingerprint density at radius 3 is 2.80 bits per heavy atom. The molecule has 0 aromatic heterocycles. The Bertz CT molecular complexity index is 422. The number of rotatable bonds is 9. The molecule has 0 spiro atoms. The van der Waals surface area contributed by atoms with Gasteiger partial charge in [0, 0.05) is 18.7 Å². The van der Waals surface area contributed by atoms with Gasteiger partial charge in [0.1, 0.15) is 0 Å². The van der Waals surface area contributed by atoms with Crippen molar-refractivity contribution < 1.29 is 14.3 Å². The van der Waals surface area contributed by atoms with Crippen LogP contribution in [0.1, 0.15) is 25.3 Å². The lowest BCUT2D eigenvalue weighted by molar-refractivity contribution is -0.123. The third-order valence-electron chi connectivity index (χ3n) is 2.85. The molecule has 0 bridgehead atoms. The van der Waals surface area contributed by atoms with Crippen molar-refractivity contribution >= 4 is 5.91 Å². The van der Waals surface area contributed by atoms with Gasteiger partial charge in [0.15, 0.2) is 18.1 Å². The molecule has 0 saturated carbocycles. The third kappa shape index (κ3) is 5.09. The SMILES string of the molecule is CCCCNC(=O)COc1c(CNC)cccc1OC. The number of benzene rings is 1. The summed E-state index contributed by atoms with van der Waals surface area (Å²) in [6.45, 7) is 3.43. The topological polar surface area (TPSA) is 59.6 Å². The van der Waals surface area contributed by atoms with Crippen molar-refractivity contribution in [3.63, 3.8) is 0 Å². The second kappa shape index (κ2) is 9.20. The Labute approximate surface area is 120 Å². The molecule has 112 valence electrons. The number of ether oxygens (including phenoxy) is 2. The number of para-hydroxylation sites is 1. The summed E-state index contributed by atoms with van der Waals surface area (Å²) in [4.78, 5) is 11.7. The molecule has 1 rings (SSSR count). The van der Waals surface area contributed by atoms with Gasteiger partial charge in [0.25, 0.3) is 5.91 Å². The molecule has 1 aromatic rings. The first-order chi connectivity index (χ1) is 9.72. The van der Waals surface area contributed by atoms with E-state index in [0.29, 0.717) is 24.6 Å². The molecular formula is C15H24N2O3. The molecule has 0 fully saturated rings. The molecule has 2 N–H and O–H groups in total. The Hall–Kier alpha value is -1.75. The molecule has 0 heterocycles. The van der Waals surface area contributed by atoms with Crippen LogP contribution in [0, 0.1) is 0 Å². The zero-order valence-corrected chi connectivity index (χ0v) is 12.5. The zero-order chi connectivity index (χ0) is 14.8. The third-order valence-corrected chi connectivity index (χ3v) is 2.85. The van der Waals surface area contributed by atoms with Crippen LogP contribution in [0.5, 0.6) is 11.5 Å². The Kier molecular flexibility index (Phi) is 7.50. The summed E-state index contributed by atoms with van der Waals surface area (Å²) >= 11 is 0. The molecule has 1 amide bonds. The van der Waals surface area contributed by atoms with Crippen molar-refractivity contribution in [1.29, 1.82) is 0 Å². The first kappa shape index (κ1) is 16.3. The molecule has 1 aromatic carbocycles. The minimum Gasteiger partial charge on any atom is -0.493 e. The number of methoxy groups -OCH3 is 1. The van der Waals surface area contributed by atoms with E-state index in [9.17, 15) is 4.79 Å². The summed E-state index contributed by atoms with van der Waals surface area (Å²) in [7, 11) is 3.45. The number of carbonyl (C=O) groups excluding carboxylic acids is 1.